The van der Waals surface area contributed by atoms with Gasteiger partial charge in [0.1, 0.15) is 43.4 Å². The maximum absolute atomic E-state index is 16.4. The molecule has 0 radical (unpaired) electrons. The average Bonchev–Trinajstić information content (AvgIpc) is 3.99. The maximum Gasteiger partial charge on any atom is 0.386 e. The Morgan fingerprint density at radius 1 is 0.833 bits per heavy atom. The largest absolute Gasteiger partial charge is 0.386 e. The Morgan fingerprint density at radius 3 is 2.19 bits per heavy atom. The summed E-state index contributed by atoms with van der Waals surface area (Å²) in [6, 6.07) is 8.38. The third kappa shape index (κ3) is 6.39. The summed E-state index contributed by atoms with van der Waals surface area (Å²) in [4.78, 5) is 49.2. The average molecular weight is 824 g/mol. The molecular weight excluding hydrogens is 798 g/mol. The number of aromatic nitrogens is 10. The molecule has 0 saturated carbocycles. The molecule has 3 aliphatic heterocycles. The first-order chi connectivity index (χ1) is 26.0. The van der Waals surface area contributed by atoms with E-state index in [-0.39, 0.29) is 22.6 Å². The summed E-state index contributed by atoms with van der Waals surface area (Å²) in [5, 5.41) is 6.67. The first-order valence-electron chi connectivity index (χ1n) is 15.9. The SMILES string of the molecule is O=C(Nc1ncnc2c1ncn2[C@@H]1O[C@@H]2COP(=O)(S)O[C@H]3[C@@H](F)[C@H](n4cnc5c4ncn4ncnc54)O[C@@H]3COP(O)(=S)O[C@H]2[C@H]1F)c1ccccc1. The van der Waals surface area contributed by atoms with E-state index in [1.165, 1.54) is 39.0 Å². The smallest absolute Gasteiger partial charge is 0.346 e. The van der Waals surface area contributed by atoms with E-state index in [9.17, 15) is 14.3 Å². The Kier molecular flexibility index (Phi) is 9.05. The van der Waals surface area contributed by atoms with Crippen LogP contribution in [0.1, 0.15) is 22.8 Å². The minimum Gasteiger partial charge on any atom is -0.346 e. The van der Waals surface area contributed by atoms with Gasteiger partial charge in [0.05, 0.1) is 25.9 Å². The highest BCUT2D eigenvalue weighted by Gasteiger charge is 2.54. The zero-order valence-corrected chi connectivity index (χ0v) is 30.5. The second-order valence-electron chi connectivity index (χ2n) is 12.2. The quantitative estimate of drug-likeness (QED) is 0.171. The van der Waals surface area contributed by atoms with Gasteiger partial charge in [-0.3, -0.25) is 27.5 Å². The second kappa shape index (κ2) is 13.7. The van der Waals surface area contributed by atoms with E-state index in [0.717, 1.165) is 6.33 Å². The predicted molar refractivity (Wildman–Crippen MR) is 186 cm³/mol. The number of rotatable bonds is 4. The van der Waals surface area contributed by atoms with Crippen LogP contribution in [0.25, 0.3) is 28.0 Å². The van der Waals surface area contributed by atoms with Gasteiger partial charge < -0.3 is 24.2 Å². The van der Waals surface area contributed by atoms with Crippen LogP contribution in [0.2, 0.25) is 0 Å². The molecule has 0 spiro atoms. The van der Waals surface area contributed by atoms with Crippen molar-refractivity contribution in [3.8, 4) is 0 Å². The summed E-state index contributed by atoms with van der Waals surface area (Å²) >= 11 is 9.30. The zero-order valence-electron chi connectivity index (χ0n) is 27.0. The number of carbonyl (C=O) groups is 1. The Morgan fingerprint density at radius 2 is 1.46 bits per heavy atom. The first kappa shape index (κ1) is 35.8. The lowest BCUT2D eigenvalue weighted by Crippen LogP contribution is -2.37. The molecule has 8 heterocycles. The molecule has 2 N–H and O–H groups in total. The van der Waals surface area contributed by atoms with Crippen molar-refractivity contribution >= 4 is 77.3 Å². The van der Waals surface area contributed by atoms with Gasteiger partial charge in [-0.2, -0.15) is 5.10 Å². The van der Waals surface area contributed by atoms with Gasteiger partial charge in [0.25, 0.3) is 5.91 Å². The lowest BCUT2D eigenvalue weighted by atomic mass is 10.1. The van der Waals surface area contributed by atoms with Gasteiger partial charge >= 0.3 is 13.5 Å². The summed E-state index contributed by atoms with van der Waals surface area (Å²) in [5.41, 5.74) is 1.40. The normalized spacial score (nSPS) is 33.3. The standard InChI is InChI=1S/C28H25F2N11O9P2S2/c29-16-20-14(47-27(16)39-10-34-18-22(31-8-32-23(18)39)38-26(42)13-4-2-1-3-5-13)6-45-52(44,54)50-21-15(7-46-51(43,53)49-20)48-28(17(21)30)40-11-35-19-24(40)36-12-41-25(19)33-9-37-41/h1-5,8-12,14-17,20-21,27-28H,6-7H2,(H,43,53)(H,44,54)(H,31,32,38,42)/t14-,15-,16-,17-,20-,21-,27-,28-,51?,52?/m1/s1. The third-order valence-electron chi connectivity index (χ3n) is 8.86. The Balaban J connectivity index is 0.964. The predicted octanol–water partition coefficient (Wildman–Crippen LogP) is 3.11. The zero-order chi connectivity index (χ0) is 37.4. The van der Waals surface area contributed by atoms with Crippen molar-refractivity contribution in [1.29, 1.82) is 0 Å². The minimum absolute atomic E-state index is 0.0470. The molecule has 282 valence electrons. The Bertz CT molecular complexity index is 2500. The molecule has 54 heavy (non-hydrogen) atoms. The lowest BCUT2D eigenvalue weighted by molar-refractivity contribution is -0.0564. The van der Waals surface area contributed by atoms with Crippen molar-refractivity contribution in [3.05, 3.63) is 67.5 Å². The van der Waals surface area contributed by atoms with Gasteiger partial charge in [-0.1, -0.05) is 30.4 Å². The molecule has 3 aliphatic rings. The molecule has 10 atom stereocenters. The number of nitrogens with one attached hydrogen (secondary N) is 1. The van der Waals surface area contributed by atoms with Crippen LogP contribution in [0, 0.1) is 0 Å². The van der Waals surface area contributed by atoms with Crippen LogP contribution in [-0.2, 0) is 43.9 Å². The number of nitrogens with zero attached hydrogens (tertiary/aromatic N) is 10. The molecule has 0 aliphatic carbocycles. The number of ether oxygens (including phenoxy) is 2. The molecule has 20 nitrogen and oxygen atoms in total. The van der Waals surface area contributed by atoms with E-state index < -0.39 is 81.9 Å². The van der Waals surface area contributed by atoms with Gasteiger partial charge in [0.15, 0.2) is 58.6 Å². The molecule has 1 amide bonds. The van der Waals surface area contributed by atoms with Crippen LogP contribution in [0.15, 0.2) is 62.0 Å². The number of anilines is 1. The van der Waals surface area contributed by atoms with Gasteiger partial charge in [-0.15, -0.1) is 0 Å². The van der Waals surface area contributed by atoms with Crippen molar-refractivity contribution < 1.29 is 50.6 Å². The Hall–Kier alpha value is -3.93. The molecule has 2 unspecified atom stereocenters. The summed E-state index contributed by atoms with van der Waals surface area (Å²) in [5.74, 6) is -0.420. The van der Waals surface area contributed by atoms with E-state index in [4.69, 9.17) is 39.4 Å². The number of benzene rings is 1. The van der Waals surface area contributed by atoms with Crippen LogP contribution in [0.3, 0.4) is 0 Å². The molecule has 1 aromatic carbocycles. The number of halogens is 2. The van der Waals surface area contributed by atoms with Crippen molar-refractivity contribution in [3.63, 3.8) is 0 Å². The summed E-state index contributed by atoms with van der Waals surface area (Å²) in [6.45, 7) is -10.1. The molecule has 3 fully saturated rings. The number of hydrogen-bond acceptors (Lipinski definition) is 16. The fourth-order valence-corrected chi connectivity index (χ4v) is 9.32. The van der Waals surface area contributed by atoms with E-state index in [0.29, 0.717) is 16.7 Å². The second-order valence-corrected chi connectivity index (χ2v) is 17.8. The molecule has 5 aromatic heterocycles. The van der Waals surface area contributed by atoms with Crippen LogP contribution in [0.4, 0.5) is 14.6 Å². The Labute approximate surface area is 311 Å². The molecule has 26 heteroatoms. The number of thiol groups is 1. The number of fused-ring (bicyclic) bond motifs is 6. The molecule has 3 saturated heterocycles. The van der Waals surface area contributed by atoms with Crippen LogP contribution >= 0.6 is 25.8 Å². The van der Waals surface area contributed by atoms with Gasteiger partial charge in [-0.25, -0.2) is 47.8 Å². The number of hydrogen-bond donors (Lipinski definition) is 3. The molecule has 6 aromatic rings. The van der Waals surface area contributed by atoms with E-state index in [1.54, 1.807) is 30.3 Å². The highest BCUT2D eigenvalue weighted by Crippen LogP contribution is 2.58. The van der Waals surface area contributed by atoms with Crippen LogP contribution < -0.4 is 5.32 Å². The van der Waals surface area contributed by atoms with Gasteiger partial charge in [0, 0.05) is 5.56 Å². The maximum atomic E-state index is 16.4. The fourth-order valence-electron chi connectivity index (χ4n) is 6.40. The van der Waals surface area contributed by atoms with Crippen LogP contribution in [-0.4, -0.2) is 109 Å². The van der Waals surface area contributed by atoms with E-state index >= 15 is 8.78 Å². The summed E-state index contributed by atoms with van der Waals surface area (Å²) in [6.07, 6.45) is -6.83. The van der Waals surface area contributed by atoms with Gasteiger partial charge in [-0.05, 0) is 23.9 Å². The van der Waals surface area contributed by atoms with Crippen molar-refractivity contribution in [2.24, 2.45) is 0 Å². The first-order valence-corrected chi connectivity index (χ1v) is 21.2. The van der Waals surface area contributed by atoms with Crippen molar-refractivity contribution in [1.82, 2.24) is 48.7 Å². The monoisotopic (exact) mass is 823 g/mol. The number of alkyl halides is 2. The van der Waals surface area contributed by atoms with E-state index in [1.807, 2.05) is 0 Å². The van der Waals surface area contributed by atoms with Crippen LogP contribution in [0.5, 0.6) is 0 Å². The van der Waals surface area contributed by atoms with E-state index in [2.05, 4.69) is 52.6 Å². The highest BCUT2D eigenvalue weighted by atomic mass is 32.7. The molecule has 0 bridgehead atoms. The molecular formula is C28H25F2N11O9P2S2. The minimum atomic E-state index is -4.45. The summed E-state index contributed by atoms with van der Waals surface area (Å²) < 4.78 is 84.4. The molecule has 9 rings (SSSR count). The topological polar surface area (TPSA) is 226 Å². The number of imidazole rings is 2. The fraction of sp³-hybridized carbons (Fsp3) is 0.357. The highest BCUT2D eigenvalue weighted by molar-refractivity contribution is 8.44. The third-order valence-corrected chi connectivity index (χ3v) is 12.0. The lowest BCUT2D eigenvalue weighted by Gasteiger charge is -2.29. The number of amides is 1. The van der Waals surface area contributed by atoms with Crippen molar-refractivity contribution in [2.45, 2.75) is 49.2 Å². The summed E-state index contributed by atoms with van der Waals surface area (Å²) in [7, 11) is 0. The van der Waals surface area contributed by atoms with Crippen molar-refractivity contribution in [2.75, 3.05) is 18.5 Å². The number of carbonyl (C=O) groups excluding carboxylic acids is 1. The van der Waals surface area contributed by atoms with Gasteiger partial charge in [0.2, 0.25) is 0 Å².